The molecule has 1 N–H and O–H groups in total. The Balaban J connectivity index is 2.18. The van der Waals surface area contributed by atoms with Crippen LogP contribution in [0.1, 0.15) is 16.7 Å². The van der Waals surface area contributed by atoms with Gasteiger partial charge in [0.1, 0.15) is 5.75 Å². The van der Waals surface area contributed by atoms with Crippen LogP contribution in [0.4, 0.5) is 0 Å². The molecule has 0 aliphatic carbocycles. The van der Waals surface area contributed by atoms with Crippen LogP contribution in [0.5, 0.6) is 17.2 Å². The average Bonchev–Trinajstić information content (AvgIpc) is 2.60. The number of aryl methyl sites for hydroxylation is 2. The lowest BCUT2D eigenvalue weighted by atomic mass is 10.1. The first-order chi connectivity index (χ1) is 12.3. The van der Waals surface area contributed by atoms with Gasteiger partial charge in [0.25, 0.3) is 0 Å². The lowest BCUT2D eigenvalue weighted by molar-refractivity contribution is 0.345. The molecule has 26 heavy (non-hydrogen) atoms. The summed E-state index contributed by atoms with van der Waals surface area (Å²) in [6.45, 7) is 3.94. The van der Waals surface area contributed by atoms with Crippen molar-refractivity contribution in [1.29, 1.82) is 0 Å². The first-order valence-electron chi connectivity index (χ1n) is 8.18. The molecule has 0 fully saturated rings. The van der Waals surface area contributed by atoms with Gasteiger partial charge in [-0.1, -0.05) is 17.7 Å². The van der Waals surface area contributed by atoms with Crippen LogP contribution in [-0.4, -0.2) is 36.3 Å². The van der Waals surface area contributed by atoms with E-state index in [1.165, 1.54) is 0 Å². The van der Waals surface area contributed by atoms with Crippen LogP contribution in [0.15, 0.2) is 35.2 Å². The van der Waals surface area contributed by atoms with Gasteiger partial charge >= 0.3 is 0 Å². The van der Waals surface area contributed by atoms with E-state index in [-0.39, 0.29) is 6.54 Å². The quantitative estimate of drug-likeness (QED) is 0.763. The van der Waals surface area contributed by atoms with E-state index in [2.05, 4.69) is 4.72 Å². The molecule has 2 aromatic rings. The normalized spacial score (nSPS) is 11.3. The van der Waals surface area contributed by atoms with Gasteiger partial charge in [-0.05, 0) is 38.0 Å². The first kappa shape index (κ1) is 20.1. The summed E-state index contributed by atoms with van der Waals surface area (Å²) in [6, 6.07) is 8.80. The van der Waals surface area contributed by atoms with E-state index in [0.717, 1.165) is 16.7 Å². The van der Waals surface area contributed by atoms with Gasteiger partial charge < -0.3 is 14.2 Å². The van der Waals surface area contributed by atoms with Gasteiger partial charge in [0.2, 0.25) is 10.0 Å². The zero-order valence-corrected chi connectivity index (χ0v) is 16.6. The Morgan fingerprint density at radius 2 is 1.69 bits per heavy atom. The van der Waals surface area contributed by atoms with E-state index >= 15 is 0 Å². The molecule has 0 saturated heterocycles. The highest BCUT2D eigenvalue weighted by atomic mass is 32.2. The average molecular weight is 379 g/mol. The Morgan fingerprint density at radius 1 is 0.962 bits per heavy atom. The second kappa shape index (κ2) is 8.42. The summed E-state index contributed by atoms with van der Waals surface area (Å²) in [5, 5.41) is 0. The third kappa shape index (κ3) is 4.47. The fraction of sp³-hybridized carbons (Fsp3) is 0.368. The minimum Gasteiger partial charge on any atom is -0.497 e. The van der Waals surface area contributed by atoms with E-state index < -0.39 is 10.0 Å². The van der Waals surface area contributed by atoms with Gasteiger partial charge in [-0.2, -0.15) is 0 Å². The van der Waals surface area contributed by atoms with Crippen molar-refractivity contribution >= 4 is 10.0 Å². The Labute approximate surface area is 155 Å². The smallest absolute Gasteiger partial charge is 0.240 e. The Hall–Kier alpha value is -2.25. The lowest BCUT2D eigenvalue weighted by Gasteiger charge is -2.15. The van der Waals surface area contributed by atoms with Crippen molar-refractivity contribution in [3.05, 3.63) is 47.0 Å². The van der Waals surface area contributed by atoms with Crippen LogP contribution in [0, 0.1) is 13.8 Å². The van der Waals surface area contributed by atoms with Crippen molar-refractivity contribution in [1.82, 2.24) is 4.72 Å². The number of benzene rings is 2. The van der Waals surface area contributed by atoms with Gasteiger partial charge in [-0.15, -0.1) is 0 Å². The highest BCUT2D eigenvalue weighted by Crippen LogP contribution is 2.35. The number of rotatable bonds is 8. The summed E-state index contributed by atoms with van der Waals surface area (Å²) in [5.74, 6) is 1.73. The highest BCUT2D eigenvalue weighted by molar-refractivity contribution is 7.89. The Morgan fingerprint density at radius 3 is 2.27 bits per heavy atom. The lowest BCUT2D eigenvalue weighted by Crippen LogP contribution is -2.26. The zero-order chi connectivity index (χ0) is 19.3. The molecule has 2 rings (SSSR count). The molecule has 2 aromatic carbocycles. The van der Waals surface area contributed by atoms with Gasteiger partial charge in [-0.3, -0.25) is 0 Å². The van der Waals surface area contributed by atoms with Crippen molar-refractivity contribution in [3.8, 4) is 17.2 Å². The summed E-state index contributed by atoms with van der Waals surface area (Å²) in [7, 11) is 1.08. The topological polar surface area (TPSA) is 73.9 Å². The van der Waals surface area contributed by atoms with Gasteiger partial charge in [0.05, 0.1) is 26.2 Å². The summed E-state index contributed by atoms with van der Waals surface area (Å²) in [5.41, 5.74) is 2.54. The van der Waals surface area contributed by atoms with Gasteiger partial charge in [0, 0.05) is 18.2 Å². The second-order valence-electron chi connectivity index (χ2n) is 5.94. The molecule has 0 amide bonds. The maximum absolute atomic E-state index is 12.6. The number of nitrogens with one attached hydrogen (secondary N) is 1. The van der Waals surface area contributed by atoms with E-state index in [4.69, 9.17) is 14.2 Å². The zero-order valence-electron chi connectivity index (χ0n) is 15.8. The Bertz CT molecular complexity index is 878. The molecule has 6 nitrogen and oxygen atoms in total. The number of sulfonamides is 1. The van der Waals surface area contributed by atoms with Gasteiger partial charge in [0.15, 0.2) is 11.5 Å². The van der Waals surface area contributed by atoms with Crippen molar-refractivity contribution in [2.45, 2.75) is 25.2 Å². The molecular formula is C19H25NO5S. The largest absolute Gasteiger partial charge is 0.497 e. The summed E-state index contributed by atoms with van der Waals surface area (Å²) < 4.78 is 43.8. The molecule has 0 aliphatic rings. The maximum Gasteiger partial charge on any atom is 0.240 e. The van der Waals surface area contributed by atoms with Crippen molar-refractivity contribution in [2.75, 3.05) is 27.9 Å². The predicted octanol–water partition coefficient (Wildman–Crippen LogP) is 2.85. The number of methoxy groups -OCH3 is 3. The van der Waals surface area contributed by atoms with Crippen LogP contribution in [0.3, 0.4) is 0 Å². The van der Waals surface area contributed by atoms with Crippen molar-refractivity contribution in [2.24, 2.45) is 0 Å². The number of ether oxygens (including phenoxy) is 3. The van der Waals surface area contributed by atoms with E-state index in [1.807, 2.05) is 19.1 Å². The Kier molecular flexibility index (Phi) is 6.50. The molecule has 0 aromatic heterocycles. The third-order valence-corrected chi connectivity index (χ3v) is 5.69. The molecule has 0 aliphatic heterocycles. The summed E-state index contributed by atoms with van der Waals surface area (Å²) in [6.07, 6.45) is 0.431. The standard InChI is InChI=1S/C19H25NO5S/c1-13-6-7-18(14(2)10-13)26(21,22)20-9-8-15-11-16(23-3)12-17(24-4)19(15)25-5/h6-7,10-12,20H,8-9H2,1-5H3. The van der Waals surface area contributed by atoms with Gasteiger partial charge in [-0.25, -0.2) is 13.1 Å². The fourth-order valence-corrected chi connectivity index (χ4v) is 4.07. The third-order valence-electron chi connectivity index (χ3n) is 4.07. The molecule has 7 heteroatoms. The predicted molar refractivity (Wildman–Crippen MR) is 101 cm³/mol. The first-order valence-corrected chi connectivity index (χ1v) is 9.66. The summed E-state index contributed by atoms with van der Waals surface area (Å²) in [4.78, 5) is 0.290. The molecule has 0 unspecified atom stereocenters. The van der Waals surface area contributed by atoms with Crippen LogP contribution in [0.2, 0.25) is 0 Å². The molecule has 0 spiro atoms. The number of hydrogen-bond donors (Lipinski definition) is 1. The minimum atomic E-state index is -3.58. The van der Waals surface area contributed by atoms with E-state index in [0.29, 0.717) is 28.6 Å². The maximum atomic E-state index is 12.6. The summed E-state index contributed by atoms with van der Waals surface area (Å²) >= 11 is 0. The molecule has 0 radical (unpaired) electrons. The second-order valence-corrected chi connectivity index (χ2v) is 7.67. The fourth-order valence-electron chi connectivity index (χ4n) is 2.82. The minimum absolute atomic E-state index is 0.225. The number of hydrogen-bond acceptors (Lipinski definition) is 5. The molecule has 142 valence electrons. The SMILES string of the molecule is COc1cc(CCNS(=O)(=O)c2ccc(C)cc2C)c(OC)c(OC)c1. The van der Waals surface area contributed by atoms with E-state index in [9.17, 15) is 8.42 Å². The van der Waals surface area contributed by atoms with Crippen LogP contribution >= 0.6 is 0 Å². The molecule has 0 heterocycles. The van der Waals surface area contributed by atoms with Crippen LogP contribution < -0.4 is 18.9 Å². The molecule has 0 atom stereocenters. The van der Waals surface area contributed by atoms with E-state index in [1.54, 1.807) is 46.5 Å². The molecule has 0 saturated carbocycles. The highest BCUT2D eigenvalue weighted by Gasteiger charge is 2.18. The van der Waals surface area contributed by atoms with Crippen LogP contribution in [-0.2, 0) is 16.4 Å². The van der Waals surface area contributed by atoms with Crippen molar-refractivity contribution < 1.29 is 22.6 Å². The molecular weight excluding hydrogens is 354 g/mol. The van der Waals surface area contributed by atoms with Crippen LogP contribution in [0.25, 0.3) is 0 Å². The molecule has 0 bridgehead atoms. The monoisotopic (exact) mass is 379 g/mol. The van der Waals surface area contributed by atoms with Crippen molar-refractivity contribution in [3.63, 3.8) is 0 Å².